The van der Waals surface area contributed by atoms with E-state index in [2.05, 4.69) is 24.3 Å². The molecule has 0 spiro atoms. The molecule has 1 rings (SSSR count). The summed E-state index contributed by atoms with van der Waals surface area (Å²) in [4.78, 5) is 0. The van der Waals surface area contributed by atoms with Gasteiger partial charge in [-0.1, -0.05) is 13.8 Å². The molecule has 1 aromatic heterocycles. The van der Waals surface area contributed by atoms with E-state index in [9.17, 15) is 5.11 Å². The summed E-state index contributed by atoms with van der Waals surface area (Å²) >= 11 is 0. The van der Waals surface area contributed by atoms with Crippen molar-refractivity contribution >= 4 is 0 Å². The first-order valence-corrected chi connectivity index (χ1v) is 6.42. The van der Waals surface area contributed by atoms with Gasteiger partial charge in [0.1, 0.15) is 0 Å². The maximum Gasteiger partial charge on any atom is 0.0662 e. The number of nitrogens with one attached hydrogen (secondary N) is 1. The van der Waals surface area contributed by atoms with Gasteiger partial charge in [0.25, 0.3) is 0 Å². The van der Waals surface area contributed by atoms with Gasteiger partial charge in [-0.25, -0.2) is 0 Å². The Kier molecular flexibility index (Phi) is 5.15. The van der Waals surface area contributed by atoms with Crippen LogP contribution in [0.25, 0.3) is 0 Å². The normalized spacial score (nSPS) is 14.9. The van der Waals surface area contributed by atoms with Crippen molar-refractivity contribution in [3.63, 3.8) is 0 Å². The molecule has 0 saturated heterocycles. The van der Waals surface area contributed by atoms with Crippen LogP contribution in [-0.2, 0) is 7.05 Å². The second-order valence-electron chi connectivity index (χ2n) is 4.64. The molecule has 2 N–H and O–H groups in total. The zero-order valence-electron chi connectivity index (χ0n) is 11.6. The summed E-state index contributed by atoms with van der Waals surface area (Å²) in [5.41, 5.74) is 3.56. The Balaban J connectivity index is 2.79. The van der Waals surface area contributed by atoms with E-state index in [0.717, 1.165) is 18.5 Å². The highest BCUT2D eigenvalue weighted by atomic mass is 16.3. The molecular formula is C13H25N3O. The monoisotopic (exact) mass is 239 g/mol. The van der Waals surface area contributed by atoms with Crippen LogP contribution < -0.4 is 5.32 Å². The van der Waals surface area contributed by atoms with Gasteiger partial charge in [0.2, 0.25) is 0 Å². The topological polar surface area (TPSA) is 50.1 Å². The molecule has 0 unspecified atom stereocenters. The summed E-state index contributed by atoms with van der Waals surface area (Å²) in [5.74, 6) is 0. The molecule has 98 valence electrons. The Morgan fingerprint density at radius 2 is 1.94 bits per heavy atom. The van der Waals surface area contributed by atoms with Crippen LogP contribution in [0.5, 0.6) is 0 Å². The lowest BCUT2D eigenvalue weighted by molar-refractivity contribution is 0.162. The lowest BCUT2D eigenvalue weighted by Gasteiger charge is -2.19. The van der Waals surface area contributed by atoms with Gasteiger partial charge in [-0.15, -0.1) is 0 Å². The second-order valence-corrected chi connectivity index (χ2v) is 4.64. The van der Waals surface area contributed by atoms with E-state index < -0.39 is 0 Å². The van der Waals surface area contributed by atoms with Crippen molar-refractivity contribution in [2.24, 2.45) is 7.05 Å². The average molecular weight is 239 g/mol. The molecule has 17 heavy (non-hydrogen) atoms. The van der Waals surface area contributed by atoms with E-state index in [-0.39, 0.29) is 12.1 Å². The molecule has 1 heterocycles. The van der Waals surface area contributed by atoms with Crippen molar-refractivity contribution in [3.8, 4) is 0 Å². The predicted molar refractivity (Wildman–Crippen MR) is 70.0 cm³/mol. The van der Waals surface area contributed by atoms with Crippen LogP contribution in [0.1, 0.15) is 49.7 Å². The maximum absolute atomic E-state index is 9.61. The molecule has 1 aromatic rings. The van der Waals surface area contributed by atoms with Gasteiger partial charge < -0.3 is 10.4 Å². The summed E-state index contributed by atoms with van der Waals surface area (Å²) in [6.07, 6.45) is 1.53. The van der Waals surface area contributed by atoms with Crippen molar-refractivity contribution in [2.75, 3.05) is 6.54 Å². The van der Waals surface area contributed by atoms with Crippen molar-refractivity contribution in [1.82, 2.24) is 15.1 Å². The fraction of sp³-hybridized carbons (Fsp3) is 0.769. The number of aryl methyl sites for hydroxylation is 2. The molecule has 0 aliphatic carbocycles. The lowest BCUT2D eigenvalue weighted by atomic mass is 10.0. The number of nitrogens with zero attached hydrogens (tertiary/aromatic N) is 2. The number of rotatable bonds is 6. The summed E-state index contributed by atoms with van der Waals surface area (Å²) in [6, 6.07) is 0.282. The smallest absolute Gasteiger partial charge is 0.0662 e. The van der Waals surface area contributed by atoms with Crippen LogP contribution in [0.4, 0.5) is 0 Å². The highest BCUT2D eigenvalue weighted by Crippen LogP contribution is 2.23. The highest BCUT2D eigenvalue weighted by molar-refractivity contribution is 5.28. The molecule has 0 radical (unpaired) electrons. The van der Waals surface area contributed by atoms with Crippen molar-refractivity contribution in [3.05, 3.63) is 17.0 Å². The van der Waals surface area contributed by atoms with Gasteiger partial charge in [0.05, 0.1) is 11.8 Å². The fourth-order valence-corrected chi connectivity index (χ4v) is 2.17. The Bertz CT molecular complexity index is 360. The van der Waals surface area contributed by atoms with E-state index in [1.54, 1.807) is 0 Å². The molecule has 0 aliphatic rings. The summed E-state index contributed by atoms with van der Waals surface area (Å²) in [7, 11) is 1.97. The molecule has 0 amide bonds. The Morgan fingerprint density at radius 1 is 1.29 bits per heavy atom. The SMILES string of the molecule is CC[C@@H](O)CN[C@H](CC)c1c(C)nn(C)c1C. The van der Waals surface area contributed by atoms with Gasteiger partial charge in [-0.05, 0) is 26.7 Å². The van der Waals surface area contributed by atoms with E-state index in [1.165, 1.54) is 11.3 Å². The molecule has 4 heteroatoms. The lowest BCUT2D eigenvalue weighted by Crippen LogP contribution is -2.30. The standard InChI is InChI=1S/C13H25N3O/c1-6-11(17)8-14-12(7-2)13-9(3)15-16(5)10(13)4/h11-12,14,17H,6-8H2,1-5H3/t11-,12-/m1/s1. The van der Waals surface area contributed by atoms with Crippen LogP contribution >= 0.6 is 0 Å². The predicted octanol–water partition coefficient (Wildman–Crippen LogP) is 1.85. The molecular weight excluding hydrogens is 214 g/mol. The van der Waals surface area contributed by atoms with Gasteiger partial charge >= 0.3 is 0 Å². The van der Waals surface area contributed by atoms with Crippen LogP contribution in [0.2, 0.25) is 0 Å². The molecule has 2 atom stereocenters. The summed E-state index contributed by atoms with van der Waals surface area (Å²) < 4.78 is 1.92. The van der Waals surface area contributed by atoms with Gasteiger partial charge in [-0.2, -0.15) is 5.10 Å². The number of aliphatic hydroxyl groups is 1. The minimum atomic E-state index is -0.263. The zero-order chi connectivity index (χ0) is 13.0. The molecule has 0 saturated carbocycles. The highest BCUT2D eigenvalue weighted by Gasteiger charge is 2.18. The number of hydrogen-bond donors (Lipinski definition) is 2. The summed E-state index contributed by atoms with van der Waals surface area (Å²) in [6.45, 7) is 8.93. The third-order valence-electron chi connectivity index (χ3n) is 3.39. The largest absolute Gasteiger partial charge is 0.392 e. The molecule has 4 nitrogen and oxygen atoms in total. The molecule has 0 aromatic carbocycles. The number of aromatic nitrogens is 2. The van der Waals surface area contributed by atoms with E-state index in [1.807, 2.05) is 25.6 Å². The Morgan fingerprint density at radius 3 is 2.35 bits per heavy atom. The fourth-order valence-electron chi connectivity index (χ4n) is 2.17. The second kappa shape index (κ2) is 6.17. The van der Waals surface area contributed by atoms with Crippen molar-refractivity contribution in [2.45, 2.75) is 52.7 Å². The Hall–Kier alpha value is -0.870. The minimum Gasteiger partial charge on any atom is -0.392 e. The first kappa shape index (κ1) is 14.2. The minimum absolute atomic E-state index is 0.263. The summed E-state index contributed by atoms with van der Waals surface area (Å²) in [5, 5.41) is 17.5. The quantitative estimate of drug-likeness (QED) is 0.796. The Labute approximate surface area is 104 Å². The zero-order valence-corrected chi connectivity index (χ0v) is 11.6. The van der Waals surface area contributed by atoms with Crippen LogP contribution in [-0.4, -0.2) is 27.5 Å². The van der Waals surface area contributed by atoms with E-state index in [4.69, 9.17) is 0 Å². The van der Waals surface area contributed by atoms with Crippen molar-refractivity contribution < 1.29 is 5.11 Å². The number of hydrogen-bond acceptors (Lipinski definition) is 3. The number of aliphatic hydroxyl groups excluding tert-OH is 1. The van der Waals surface area contributed by atoms with Gasteiger partial charge in [0, 0.05) is 30.9 Å². The maximum atomic E-state index is 9.61. The molecule has 0 fully saturated rings. The van der Waals surface area contributed by atoms with E-state index >= 15 is 0 Å². The van der Waals surface area contributed by atoms with E-state index in [0.29, 0.717) is 6.54 Å². The van der Waals surface area contributed by atoms with Crippen molar-refractivity contribution in [1.29, 1.82) is 0 Å². The molecule has 0 bridgehead atoms. The third-order valence-corrected chi connectivity index (χ3v) is 3.39. The first-order valence-electron chi connectivity index (χ1n) is 6.42. The van der Waals surface area contributed by atoms with Crippen LogP contribution in [0.15, 0.2) is 0 Å². The third kappa shape index (κ3) is 3.30. The molecule has 0 aliphatic heterocycles. The van der Waals surface area contributed by atoms with Crippen LogP contribution in [0, 0.1) is 13.8 Å². The van der Waals surface area contributed by atoms with Gasteiger partial charge in [0.15, 0.2) is 0 Å². The first-order chi connectivity index (χ1) is 8.01. The van der Waals surface area contributed by atoms with Gasteiger partial charge in [-0.3, -0.25) is 4.68 Å². The average Bonchev–Trinajstić information content (AvgIpc) is 2.55. The van der Waals surface area contributed by atoms with Crippen LogP contribution in [0.3, 0.4) is 0 Å².